The molecule has 1 aromatic heterocycles. The van der Waals surface area contributed by atoms with E-state index in [2.05, 4.69) is 98.3 Å². The van der Waals surface area contributed by atoms with Gasteiger partial charge in [0.25, 0.3) is 0 Å². The van der Waals surface area contributed by atoms with Crippen LogP contribution in [0.3, 0.4) is 0 Å². The molecule has 0 aliphatic heterocycles. The van der Waals surface area contributed by atoms with Crippen LogP contribution in [0.2, 0.25) is 0 Å². The summed E-state index contributed by atoms with van der Waals surface area (Å²) >= 11 is 0. The predicted octanol–water partition coefficient (Wildman–Crippen LogP) is 8.08. The molecule has 4 saturated carbocycles. The third kappa shape index (κ3) is 3.39. The summed E-state index contributed by atoms with van der Waals surface area (Å²) in [5, 5.41) is 2.79. The Kier molecular flexibility index (Phi) is 4.75. The molecule has 176 valence electrons. The van der Waals surface area contributed by atoms with E-state index < -0.39 is 0 Å². The zero-order valence-corrected chi connectivity index (χ0v) is 21.4. The lowest BCUT2D eigenvalue weighted by molar-refractivity contribution is -0.665. The van der Waals surface area contributed by atoms with Crippen molar-refractivity contribution >= 4 is 10.8 Å². The number of aromatic nitrogens is 1. The molecule has 0 N–H and O–H groups in total. The molecule has 0 unspecified atom stereocenters. The van der Waals surface area contributed by atoms with Crippen molar-refractivity contribution in [3.05, 3.63) is 89.6 Å². The molecule has 0 atom stereocenters. The van der Waals surface area contributed by atoms with Gasteiger partial charge in [0.05, 0.1) is 5.39 Å². The SMILES string of the molecule is Cc1cc(-c2ccccc2)ccc1-c1c2ccc(C34CC5CC(CC(C5)C3)C4)cc2cc(C)[n+]1C. The average molecular weight is 459 g/mol. The molecule has 35 heavy (non-hydrogen) atoms. The van der Waals surface area contributed by atoms with Crippen molar-refractivity contribution in [2.75, 3.05) is 0 Å². The van der Waals surface area contributed by atoms with Gasteiger partial charge in [-0.25, -0.2) is 0 Å². The highest BCUT2D eigenvalue weighted by Gasteiger charge is 2.51. The fraction of sp³-hybridized carbons (Fsp3) is 0.382. The van der Waals surface area contributed by atoms with Crippen molar-refractivity contribution in [2.45, 2.75) is 57.8 Å². The maximum absolute atomic E-state index is 2.58. The van der Waals surface area contributed by atoms with Gasteiger partial charge in [-0.05, 0) is 108 Å². The fourth-order valence-electron chi connectivity index (χ4n) is 8.44. The molecule has 4 aliphatic rings. The van der Waals surface area contributed by atoms with E-state index in [1.165, 1.54) is 82.9 Å². The van der Waals surface area contributed by atoms with Gasteiger partial charge in [0.1, 0.15) is 7.05 Å². The Labute approximate surface area is 209 Å². The van der Waals surface area contributed by atoms with E-state index in [-0.39, 0.29) is 0 Å². The monoisotopic (exact) mass is 458 g/mol. The third-order valence-corrected chi connectivity index (χ3v) is 9.77. The van der Waals surface area contributed by atoms with Crippen LogP contribution in [0.15, 0.2) is 72.8 Å². The van der Waals surface area contributed by atoms with Gasteiger partial charge >= 0.3 is 0 Å². The summed E-state index contributed by atoms with van der Waals surface area (Å²) in [6.45, 7) is 4.52. The number of hydrogen-bond acceptors (Lipinski definition) is 0. The van der Waals surface area contributed by atoms with E-state index in [9.17, 15) is 0 Å². The van der Waals surface area contributed by atoms with Crippen molar-refractivity contribution in [2.24, 2.45) is 24.8 Å². The second kappa shape index (κ2) is 7.79. The smallest absolute Gasteiger partial charge is 0.198 e. The van der Waals surface area contributed by atoms with Crippen LogP contribution in [0.1, 0.15) is 55.3 Å². The lowest BCUT2D eigenvalue weighted by Crippen LogP contribution is -2.48. The van der Waals surface area contributed by atoms with Gasteiger partial charge in [-0.15, -0.1) is 0 Å². The topological polar surface area (TPSA) is 3.88 Å². The minimum absolute atomic E-state index is 0.447. The molecule has 1 nitrogen and oxygen atoms in total. The highest BCUT2D eigenvalue weighted by atomic mass is 14.9. The molecular formula is C34H36N+. The molecule has 1 heteroatoms. The number of benzene rings is 3. The van der Waals surface area contributed by atoms with Crippen LogP contribution in [0.4, 0.5) is 0 Å². The first-order chi connectivity index (χ1) is 17.0. The van der Waals surface area contributed by atoms with Crippen molar-refractivity contribution in [3.8, 4) is 22.4 Å². The van der Waals surface area contributed by atoms with E-state index in [4.69, 9.17) is 0 Å². The van der Waals surface area contributed by atoms with Gasteiger partial charge in [0.15, 0.2) is 5.69 Å². The Morgan fingerprint density at radius 3 is 2.06 bits per heavy atom. The normalized spacial score (nSPS) is 27.0. The van der Waals surface area contributed by atoms with Gasteiger partial charge in [0.2, 0.25) is 5.69 Å². The second-order valence-corrected chi connectivity index (χ2v) is 12.1. The fourth-order valence-corrected chi connectivity index (χ4v) is 8.44. The number of nitrogens with zero attached hydrogens (tertiary/aromatic N) is 1. The van der Waals surface area contributed by atoms with Crippen LogP contribution in [-0.4, -0.2) is 0 Å². The molecule has 1 heterocycles. The Bertz CT molecular complexity index is 1410. The van der Waals surface area contributed by atoms with Crippen LogP contribution in [0, 0.1) is 31.6 Å². The van der Waals surface area contributed by atoms with E-state index in [1.54, 1.807) is 5.56 Å². The van der Waals surface area contributed by atoms with Crippen LogP contribution in [0.5, 0.6) is 0 Å². The number of aryl methyl sites for hydroxylation is 2. The minimum Gasteiger partial charge on any atom is -0.198 e. The standard InChI is InChI=1S/C34H36N/c1-22-13-28(27-7-5-4-6-8-27)9-11-31(22)33-32-12-10-30(18-29(32)14-23(2)35(33)3)34-19-24-15-25(20-34)17-26(16-24)21-34/h4-14,18,24-26H,15-17,19-21H2,1-3H3/q+1. The van der Waals surface area contributed by atoms with Gasteiger partial charge < -0.3 is 0 Å². The van der Waals surface area contributed by atoms with Crippen molar-refractivity contribution < 1.29 is 4.57 Å². The maximum Gasteiger partial charge on any atom is 0.220 e. The van der Waals surface area contributed by atoms with Crippen molar-refractivity contribution in [1.82, 2.24) is 0 Å². The first-order valence-corrected chi connectivity index (χ1v) is 13.6. The van der Waals surface area contributed by atoms with Crippen LogP contribution in [0.25, 0.3) is 33.2 Å². The molecule has 0 amide bonds. The third-order valence-electron chi connectivity index (χ3n) is 9.77. The summed E-state index contributed by atoms with van der Waals surface area (Å²) in [5.74, 6) is 2.94. The maximum atomic E-state index is 2.58. The van der Waals surface area contributed by atoms with Gasteiger partial charge in [0, 0.05) is 18.6 Å². The van der Waals surface area contributed by atoms with Crippen LogP contribution >= 0.6 is 0 Å². The molecule has 4 aliphatic carbocycles. The van der Waals surface area contributed by atoms with Crippen molar-refractivity contribution in [3.63, 3.8) is 0 Å². The number of fused-ring (bicyclic) bond motifs is 1. The zero-order chi connectivity index (χ0) is 23.7. The van der Waals surface area contributed by atoms with Gasteiger partial charge in [-0.1, -0.05) is 54.6 Å². The largest absolute Gasteiger partial charge is 0.220 e. The van der Waals surface area contributed by atoms with Crippen molar-refractivity contribution in [1.29, 1.82) is 0 Å². The van der Waals surface area contributed by atoms with Crippen LogP contribution < -0.4 is 4.57 Å². The first kappa shape index (κ1) is 21.4. The molecule has 8 rings (SSSR count). The number of hydrogen-bond donors (Lipinski definition) is 0. The molecule has 0 saturated heterocycles. The Balaban J connectivity index is 1.35. The quantitative estimate of drug-likeness (QED) is 0.273. The average Bonchev–Trinajstić information content (AvgIpc) is 2.85. The zero-order valence-electron chi connectivity index (χ0n) is 21.4. The van der Waals surface area contributed by atoms with E-state index in [0.29, 0.717) is 5.41 Å². The molecule has 4 fully saturated rings. The van der Waals surface area contributed by atoms with E-state index >= 15 is 0 Å². The highest BCUT2D eigenvalue weighted by Crippen LogP contribution is 2.60. The lowest BCUT2D eigenvalue weighted by atomic mass is 9.48. The first-order valence-electron chi connectivity index (χ1n) is 13.6. The van der Waals surface area contributed by atoms with E-state index in [1.807, 2.05) is 0 Å². The molecule has 4 bridgehead atoms. The second-order valence-electron chi connectivity index (χ2n) is 12.1. The molecule has 3 aromatic carbocycles. The Morgan fingerprint density at radius 2 is 1.40 bits per heavy atom. The number of pyridine rings is 1. The molecule has 4 aromatic rings. The summed E-state index contributed by atoms with van der Waals surface area (Å²) in [6.07, 6.45) is 8.80. The predicted molar refractivity (Wildman–Crippen MR) is 145 cm³/mol. The minimum atomic E-state index is 0.447. The molecule has 0 spiro atoms. The summed E-state index contributed by atoms with van der Waals surface area (Å²) in [6, 6.07) is 27.6. The summed E-state index contributed by atoms with van der Waals surface area (Å²) in [7, 11) is 2.22. The van der Waals surface area contributed by atoms with Gasteiger partial charge in [-0.3, -0.25) is 0 Å². The van der Waals surface area contributed by atoms with Crippen LogP contribution in [-0.2, 0) is 12.5 Å². The van der Waals surface area contributed by atoms with Gasteiger partial charge in [-0.2, -0.15) is 4.57 Å². The summed E-state index contributed by atoms with van der Waals surface area (Å²) < 4.78 is 2.39. The Hall–Kier alpha value is -2.93. The lowest BCUT2D eigenvalue weighted by Gasteiger charge is -2.57. The Morgan fingerprint density at radius 1 is 0.714 bits per heavy atom. The number of rotatable bonds is 3. The van der Waals surface area contributed by atoms with E-state index in [0.717, 1.165) is 17.8 Å². The highest BCUT2D eigenvalue weighted by molar-refractivity contribution is 5.94. The molecular weight excluding hydrogens is 422 g/mol. The summed E-state index contributed by atoms with van der Waals surface area (Å²) in [5.41, 5.74) is 9.97. The summed E-state index contributed by atoms with van der Waals surface area (Å²) in [4.78, 5) is 0. The molecule has 0 radical (unpaired) electrons.